The maximum atomic E-state index is 12.3. The highest BCUT2D eigenvalue weighted by Crippen LogP contribution is 2.44. The van der Waals surface area contributed by atoms with Crippen molar-refractivity contribution in [2.24, 2.45) is 5.41 Å². The summed E-state index contributed by atoms with van der Waals surface area (Å²) in [6, 6.07) is 4.42. The summed E-state index contributed by atoms with van der Waals surface area (Å²) in [5.41, 5.74) is 3.13. The lowest BCUT2D eigenvalue weighted by atomic mass is 9.74. The van der Waals surface area contributed by atoms with E-state index >= 15 is 0 Å². The quantitative estimate of drug-likeness (QED) is 0.705. The van der Waals surface area contributed by atoms with Crippen LogP contribution in [0.3, 0.4) is 0 Å². The van der Waals surface area contributed by atoms with Gasteiger partial charge >= 0.3 is 6.09 Å². The molecular weight excluding hydrogens is 356 g/mol. The maximum Gasteiger partial charge on any atom is 0.410 e. The lowest BCUT2D eigenvalue weighted by Crippen LogP contribution is -2.50. The molecule has 0 radical (unpaired) electrons. The van der Waals surface area contributed by atoms with Crippen LogP contribution in [0.25, 0.3) is 5.57 Å². The number of amides is 1. The highest BCUT2D eigenvalue weighted by Gasteiger charge is 2.30. The van der Waals surface area contributed by atoms with Crippen LogP contribution in [0, 0.1) is 5.41 Å². The Labute approximate surface area is 168 Å². The van der Waals surface area contributed by atoms with Crippen LogP contribution in [-0.2, 0) is 4.74 Å². The Hall–Kier alpha value is -1.33. The number of hydrogen-bond donors (Lipinski definition) is 0. The van der Waals surface area contributed by atoms with Crippen LogP contribution in [0.2, 0.25) is 0 Å². The van der Waals surface area contributed by atoms with E-state index in [1.807, 2.05) is 37.0 Å². The molecule has 1 aromatic rings. The number of carbonyl (C=O) groups excluding carboxylic acids is 1. The van der Waals surface area contributed by atoms with Gasteiger partial charge in [-0.25, -0.2) is 4.79 Å². The van der Waals surface area contributed by atoms with E-state index in [9.17, 15) is 4.79 Å². The fourth-order valence-electron chi connectivity index (χ4n) is 3.90. The molecule has 0 unspecified atom stereocenters. The van der Waals surface area contributed by atoms with E-state index in [0.29, 0.717) is 5.41 Å². The molecular formula is C22H34N2O2S. The fourth-order valence-corrected chi connectivity index (χ4v) is 4.72. The molecule has 1 aliphatic heterocycles. The van der Waals surface area contributed by atoms with Crippen LogP contribution < -0.4 is 0 Å². The summed E-state index contributed by atoms with van der Waals surface area (Å²) < 4.78 is 5.51. The monoisotopic (exact) mass is 390 g/mol. The number of allylic oxidation sites excluding steroid dienone is 1. The van der Waals surface area contributed by atoms with Gasteiger partial charge in [-0.15, -0.1) is 11.3 Å². The summed E-state index contributed by atoms with van der Waals surface area (Å²) >= 11 is 1.86. The lowest BCUT2D eigenvalue weighted by Gasteiger charge is -2.38. The number of hydrogen-bond acceptors (Lipinski definition) is 4. The third-order valence-electron chi connectivity index (χ3n) is 5.44. The first kappa shape index (κ1) is 20.4. The molecule has 0 N–H and O–H groups in total. The van der Waals surface area contributed by atoms with Crippen LogP contribution in [0.4, 0.5) is 4.79 Å². The Morgan fingerprint density at radius 1 is 1.22 bits per heavy atom. The Morgan fingerprint density at radius 2 is 1.93 bits per heavy atom. The molecule has 2 heterocycles. The van der Waals surface area contributed by atoms with Crippen LogP contribution in [0.15, 0.2) is 23.1 Å². The van der Waals surface area contributed by atoms with Crippen molar-refractivity contribution >= 4 is 23.0 Å². The highest BCUT2D eigenvalue weighted by atomic mass is 32.1. The Balaban J connectivity index is 1.63. The summed E-state index contributed by atoms with van der Waals surface area (Å²) in [5, 5.41) is 2.18. The third-order valence-corrected chi connectivity index (χ3v) is 6.37. The van der Waals surface area contributed by atoms with E-state index in [1.165, 1.54) is 24.1 Å². The first-order valence-corrected chi connectivity index (χ1v) is 11.0. The van der Waals surface area contributed by atoms with Gasteiger partial charge in [0.1, 0.15) is 5.60 Å². The second-order valence-corrected chi connectivity index (χ2v) is 10.6. The zero-order valence-corrected chi connectivity index (χ0v) is 18.3. The first-order valence-electron chi connectivity index (χ1n) is 10.1. The topological polar surface area (TPSA) is 32.8 Å². The number of nitrogens with zero attached hydrogens (tertiary/aromatic N) is 2. The molecule has 5 heteroatoms. The van der Waals surface area contributed by atoms with E-state index < -0.39 is 5.60 Å². The Kier molecular flexibility index (Phi) is 6.02. The van der Waals surface area contributed by atoms with E-state index in [0.717, 1.165) is 32.7 Å². The van der Waals surface area contributed by atoms with Crippen LogP contribution in [-0.4, -0.2) is 54.2 Å². The molecule has 3 rings (SSSR count). The van der Waals surface area contributed by atoms with Crippen molar-refractivity contribution in [3.63, 3.8) is 0 Å². The van der Waals surface area contributed by atoms with Crippen LogP contribution in [0.5, 0.6) is 0 Å². The smallest absolute Gasteiger partial charge is 0.410 e. The van der Waals surface area contributed by atoms with Crippen molar-refractivity contribution < 1.29 is 9.53 Å². The highest BCUT2D eigenvalue weighted by molar-refractivity contribution is 7.11. The molecule has 0 bridgehead atoms. The van der Waals surface area contributed by atoms with Crippen molar-refractivity contribution in [2.45, 2.75) is 59.5 Å². The van der Waals surface area contributed by atoms with Gasteiger partial charge in [-0.2, -0.15) is 0 Å². The molecule has 1 saturated heterocycles. The summed E-state index contributed by atoms with van der Waals surface area (Å²) in [7, 11) is 0. The van der Waals surface area contributed by atoms with Gasteiger partial charge in [-0.1, -0.05) is 25.5 Å². The van der Waals surface area contributed by atoms with Gasteiger partial charge in [0.05, 0.1) is 0 Å². The van der Waals surface area contributed by atoms with E-state index in [2.05, 4.69) is 36.3 Å². The lowest BCUT2D eigenvalue weighted by molar-refractivity contribution is 0.0151. The van der Waals surface area contributed by atoms with Crippen molar-refractivity contribution in [1.82, 2.24) is 9.80 Å². The summed E-state index contributed by atoms with van der Waals surface area (Å²) in [5.74, 6) is 0. The first-order chi connectivity index (χ1) is 12.6. The number of ether oxygens (including phenoxy) is 1. The number of piperazine rings is 1. The minimum Gasteiger partial charge on any atom is -0.444 e. The van der Waals surface area contributed by atoms with Crippen LogP contribution >= 0.6 is 11.3 Å². The molecule has 4 nitrogen and oxygen atoms in total. The molecule has 0 spiro atoms. The van der Waals surface area contributed by atoms with Gasteiger partial charge in [0.2, 0.25) is 0 Å². The maximum absolute atomic E-state index is 12.3. The van der Waals surface area contributed by atoms with Gasteiger partial charge in [-0.3, -0.25) is 4.90 Å². The van der Waals surface area contributed by atoms with Gasteiger partial charge < -0.3 is 9.64 Å². The van der Waals surface area contributed by atoms with Gasteiger partial charge in [-0.05, 0) is 62.5 Å². The Morgan fingerprint density at radius 3 is 2.52 bits per heavy atom. The summed E-state index contributed by atoms with van der Waals surface area (Å²) in [6.45, 7) is 14.9. The average molecular weight is 391 g/mol. The van der Waals surface area contributed by atoms with Gasteiger partial charge in [0, 0.05) is 37.6 Å². The molecule has 1 fully saturated rings. The molecule has 1 aliphatic carbocycles. The number of thiophene rings is 1. The average Bonchev–Trinajstić information content (AvgIpc) is 3.10. The van der Waals surface area contributed by atoms with E-state index in [4.69, 9.17) is 4.74 Å². The number of carbonyl (C=O) groups is 1. The second-order valence-electron chi connectivity index (χ2n) is 9.64. The molecule has 2 aliphatic rings. The van der Waals surface area contributed by atoms with Crippen molar-refractivity contribution in [3.05, 3.63) is 28.0 Å². The molecule has 0 aromatic carbocycles. The Bertz CT molecular complexity index is 678. The molecule has 27 heavy (non-hydrogen) atoms. The third kappa shape index (κ3) is 5.58. The molecule has 0 saturated carbocycles. The molecule has 0 atom stereocenters. The van der Waals surface area contributed by atoms with Crippen molar-refractivity contribution in [3.8, 4) is 0 Å². The van der Waals surface area contributed by atoms with Gasteiger partial charge in [0.15, 0.2) is 0 Å². The van der Waals surface area contributed by atoms with Crippen LogP contribution in [0.1, 0.15) is 58.8 Å². The second kappa shape index (κ2) is 7.96. The largest absolute Gasteiger partial charge is 0.444 e. The van der Waals surface area contributed by atoms with E-state index in [1.54, 1.807) is 11.1 Å². The standard InChI is InChI=1S/C22H34N2O2S/c1-21(2,3)26-20(25)24-12-10-23(11-13-24)16-17-8-9-22(4,5)15-18(17)19-7-6-14-27-19/h6-7,14H,8-13,15-16H2,1-5H3. The summed E-state index contributed by atoms with van der Waals surface area (Å²) in [4.78, 5) is 18.1. The minimum atomic E-state index is -0.427. The van der Waals surface area contributed by atoms with Crippen molar-refractivity contribution in [2.75, 3.05) is 32.7 Å². The molecule has 150 valence electrons. The predicted octanol–water partition coefficient (Wildman–Crippen LogP) is 5.26. The minimum absolute atomic E-state index is 0.181. The van der Waals surface area contributed by atoms with Gasteiger partial charge in [0.25, 0.3) is 0 Å². The normalized spacial score (nSPS) is 21.4. The molecule has 1 aromatic heterocycles. The van der Waals surface area contributed by atoms with E-state index in [-0.39, 0.29) is 6.09 Å². The summed E-state index contributed by atoms with van der Waals surface area (Å²) in [6.07, 6.45) is 3.43. The number of rotatable bonds is 3. The molecule has 1 amide bonds. The zero-order valence-electron chi connectivity index (χ0n) is 17.5. The predicted molar refractivity (Wildman–Crippen MR) is 113 cm³/mol. The zero-order chi connectivity index (χ0) is 19.7. The SMILES string of the molecule is CC1(C)CCC(CN2CCN(C(=O)OC(C)(C)C)CC2)=C(c2cccs2)C1. The van der Waals surface area contributed by atoms with Crippen molar-refractivity contribution in [1.29, 1.82) is 0 Å². The fraction of sp³-hybridized carbons (Fsp3) is 0.682.